The Balaban J connectivity index is 1.56. The summed E-state index contributed by atoms with van der Waals surface area (Å²) in [5.41, 5.74) is 0.989. The summed E-state index contributed by atoms with van der Waals surface area (Å²) >= 11 is 4.62. The fraction of sp³-hybridized carbons (Fsp3) is 0.158. The Kier molecular flexibility index (Phi) is 6.58. The van der Waals surface area contributed by atoms with Crippen molar-refractivity contribution in [2.45, 2.75) is 11.7 Å². The molecule has 0 bridgehead atoms. The molecule has 3 aromatic rings. The van der Waals surface area contributed by atoms with E-state index in [1.165, 1.54) is 36.0 Å². The summed E-state index contributed by atoms with van der Waals surface area (Å²) in [7, 11) is 1.77. The van der Waals surface area contributed by atoms with Gasteiger partial charge in [0.15, 0.2) is 16.8 Å². The summed E-state index contributed by atoms with van der Waals surface area (Å²) < 4.78 is 15.6. The van der Waals surface area contributed by atoms with Crippen molar-refractivity contribution in [3.8, 4) is 0 Å². The van der Waals surface area contributed by atoms with E-state index >= 15 is 0 Å². The normalized spacial score (nSPS) is 10.7. The van der Waals surface area contributed by atoms with Crippen molar-refractivity contribution in [2.24, 2.45) is 7.05 Å². The van der Waals surface area contributed by atoms with Gasteiger partial charge in [-0.15, -0.1) is 10.2 Å². The van der Waals surface area contributed by atoms with E-state index in [1.54, 1.807) is 23.7 Å². The van der Waals surface area contributed by atoms with Gasteiger partial charge in [0.25, 0.3) is 5.91 Å². The van der Waals surface area contributed by atoms with Crippen LogP contribution >= 0.6 is 27.7 Å². The van der Waals surface area contributed by atoms with Crippen molar-refractivity contribution in [1.29, 1.82) is 0 Å². The summed E-state index contributed by atoms with van der Waals surface area (Å²) in [4.78, 5) is 24.4. The average Bonchev–Trinajstić information content (AvgIpc) is 3.05. The number of halogens is 2. The smallest absolute Gasteiger partial charge is 0.251 e. The zero-order chi connectivity index (χ0) is 20.1. The molecule has 0 aliphatic heterocycles. The highest BCUT2D eigenvalue weighted by atomic mass is 79.9. The lowest BCUT2D eigenvalue weighted by Gasteiger charge is -2.06. The molecule has 0 spiro atoms. The first-order valence-corrected chi connectivity index (χ1v) is 10.1. The lowest BCUT2D eigenvalue weighted by Crippen LogP contribution is -2.24. The predicted molar refractivity (Wildman–Crippen MR) is 108 cm³/mol. The number of amides is 1. The van der Waals surface area contributed by atoms with E-state index in [0.29, 0.717) is 22.1 Å². The first-order chi connectivity index (χ1) is 13.4. The van der Waals surface area contributed by atoms with Gasteiger partial charge in [0, 0.05) is 22.6 Å². The standard InChI is InChI=1S/C19H16BrFN4O2S/c1-25-17(10-22-18(27)13-4-8-15(21)9-5-13)23-24-19(25)28-11-16(26)12-2-6-14(20)7-3-12/h2-9H,10-11H2,1H3,(H,22,27). The van der Waals surface area contributed by atoms with Crippen LogP contribution in [0.4, 0.5) is 4.39 Å². The molecule has 6 nitrogen and oxygen atoms in total. The highest BCUT2D eigenvalue weighted by Gasteiger charge is 2.14. The maximum atomic E-state index is 12.9. The third-order valence-corrected chi connectivity index (χ3v) is 5.49. The molecule has 0 saturated heterocycles. The molecule has 1 aromatic heterocycles. The molecule has 0 unspecified atom stereocenters. The molecular weight excluding hydrogens is 447 g/mol. The fourth-order valence-corrected chi connectivity index (χ4v) is 3.43. The number of carbonyl (C=O) groups is 2. The quantitative estimate of drug-likeness (QED) is 0.428. The second-order valence-electron chi connectivity index (χ2n) is 5.87. The highest BCUT2D eigenvalue weighted by Crippen LogP contribution is 2.18. The van der Waals surface area contributed by atoms with Crippen molar-refractivity contribution in [1.82, 2.24) is 20.1 Å². The van der Waals surface area contributed by atoms with E-state index in [4.69, 9.17) is 0 Å². The molecule has 0 atom stereocenters. The molecule has 0 fully saturated rings. The number of nitrogens with zero attached hydrogens (tertiary/aromatic N) is 3. The third kappa shape index (κ3) is 5.05. The summed E-state index contributed by atoms with van der Waals surface area (Å²) in [6.45, 7) is 0.168. The maximum absolute atomic E-state index is 12.9. The molecule has 0 aliphatic carbocycles. The van der Waals surface area contributed by atoms with Crippen LogP contribution in [-0.2, 0) is 13.6 Å². The third-order valence-electron chi connectivity index (χ3n) is 3.94. The Bertz CT molecular complexity index is 911. The zero-order valence-corrected chi connectivity index (χ0v) is 17.3. The Labute approximate surface area is 173 Å². The lowest BCUT2D eigenvalue weighted by molar-refractivity contribution is 0.0948. The summed E-state index contributed by atoms with van der Waals surface area (Å²) in [6, 6.07) is 12.5. The Morgan fingerprint density at radius 1 is 1.07 bits per heavy atom. The van der Waals surface area contributed by atoms with Crippen molar-refractivity contribution in [3.63, 3.8) is 0 Å². The van der Waals surface area contributed by atoms with Crippen molar-refractivity contribution >= 4 is 39.4 Å². The van der Waals surface area contributed by atoms with Gasteiger partial charge in [-0.25, -0.2) is 4.39 Å². The molecule has 9 heteroatoms. The number of rotatable bonds is 7. The molecule has 144 valence electrons. The first-order valence-electron chi connectivity index (χ1n) is 8.27. The number of hydrogen-bond donors (Lipinski definition) is 1. The van der Waals surface area contributed by atoms with Gasteiger partial charge < -0.3 is 9.88 Å². The number of thioether (sulfide) groups is 1. The van der Waals surface area contributed by atoms with Crippen molar-refractivity contribution in [2.75, 3.05) is 5.75 Å². The van der Waals surface area contributed by atoms with Gasteiger partial charge in [-0.1, -0.05) is 39.8 Å². The van der Waals surface area contributed by atoms with E-state index in [1.807, 2.05) is 12.1 Å². The van der Waals surface area contributed by atoms with Crippen LogP contribution in [0.15, 0.2) is 58.2 Å². The topological polar surface area (TPSA) is 76.9 Å². The second-order valence-corrected chi connectivity index (χ2v) is 7.72. The predicted octanol–water partition coefficient (Wildman–Crippen LogP) is 3.62. The van der Waals surface area contributed by atoms with E-state index in [2.05, 4.69) is 31.4 Å². The summed E-state index contributed by atoms with van der Waals surface area (Å²) in [5, 5.41) is 11.4. The van der Waals surface area contributed by atoms with Crippen LogP contribution in [0.1, 0.15) is 26.5 Å². The molecule has 1 heterocycles. The van der Waals surface area contributed by atoms with Gasteiger partial charge in [-0.05, 0) is 36.4 Å². The number of hydrogen-bond acceptors (Lipinski definition) is 5. The number of carbonyl (C=O) groups excluding carboxylic acids is 2. The van der Waals surface area contributed by atoms with Crippen LogP contribution < -0.4 is 5.32 Å². The monoisotopic (exact) mass is 462 g/mol. The van der Waals surface area contributed by atoms with E-state index in [9.17, 15) is 14.0 Å². The van der Waals surface area contributed by atoms with Gasteiger partial charge in [-0.2, -0.15) is 0 Å². The first kappa shape index (κ1) is 20.2. The maximum Gasteiger partial charge on any atom is 0.251 e. The molecule has 28 heavy (non-hydrogen) atoms. The highest BCUT2D eigenvalue weighted by molar-refractivity contribution is 9.10. The molecular formula is C19H16BrFN4O2S. The minimum atomic E-state index is -0.399. The van der Waals surface area contributed by atoms with Crippen LogP contribution in [0.25, 0.3) is 0 Å². The van der Waals surface area contributed by atoms with Gasteiger partial charge in [0.05, 0.1) is 12.3 Å². The number of aromatic nitrogens is 3. The Hall–Kier alpha value is -2.52. The van der Waals surface area contributed by atoms with Gasteiger partial charge in [0.1, 0.15) is 5.82 Å². The average molecular weight is 463 g/mol. The number of benzene rings is 2. The molecule has 1 N–H and O–H groups in total. The molecule has 0 saturated carbocycles. The summed E-state index contributed by atoms with van der Waals surface area (Å²) in [5.74, 6) is 0.0442. The molecule has 3 rings (SSSR count). The molecule has 1 amide bonds. The number of ketones is 1. The van der Waals surface area contributed by atoms with Gasteiger partial charge in [-0.3, -0.25) is 9.59 Å². The largest absolute Gasteiger partial charge is 0.345 e. The van der Waals surface area contributed by atoms with Crippen LogP contribution in [-0.4, -0.2) is 32.2 Å². The van der Waals surface area contributed by atoms with E-state index in [-0.39, 0.29) is 24.0 Å². The molecule has 0 radical (unpaired) electrons. The van der Waals surface area contributed by atoms with Crippen LogP contribution in [0.3, 0.4) is 0 Å². The fourth-order valence-electron chi connectivity index (χ4n) is 2.34. The Morgan fingerprint density at radius 2 is 1.71 bits per heavy atom. The second kappa shape index (κ2) is 9.11. The number of Topliss-reactive ketones (excluding diaryl/α,β-unsaturated/α-hetero) is 1. The zero-order valence-electron chi connectivity index (χ0n) is 14.9. The van der Waals surface area contributed by atoms with Gasteiger partial charge >= 0.3 is 0 Å². The minimum absolute atomic E-state index is 0.00772. The lowest BCUT2D eigenvalue weighted by atomic mass is 10.2. The minimum Gasteiger partial charge on any atom is -0.345 e. The Morgan fingerprint density at radius 3 is 2.39 bits per heavy atom. The van der Waals surface area contributed by atoms with Crippen LogP contribution in [0, 0.1) is 5.82 Å². The molecule has 2 aromatic carbocycles. The molecule has 0 aliphatic rings. The van der Waals surface area contributed by atoms with Gasteiger partial charge in [0.2, 0.25) is 0 Å². The van der Waals surface area contributed by atoms with Crippen molar-refractivity contribution < 1.29 is 14.0 Å². The SMILES string of the molecule is Cn1c(CNC(=O)c2ccc(F)cc2)nnc1SCC(=O)c1ccc(Br)cc1. The van der Waals surface area contributed by atoms with Crippen LogP contribution in [0.5, 0.6) is 0 Å². The van der Waals surface area contributed by atoms with E-state index in [0.717, 1.165) is 4.47 Å². The van der Waals surface area contributed by atoms with E-state index < -0.39 is 5.82 Å². The summed E-state index contributed by atoms with van der Waals surface area (Å²) in [6.07, 6.45) is 0. The van der Waals surface area contributed by atoms with Crippen LogP contribution in [0.2, 0.25) is 0 Å². The number of nitrogens with one attached hydrogen (secondary N) is 1. The van der Waals surface area contributed by atoms with Crippen molar-refractivity contribution in [3.05, 3.63) is 75.8 Å².